The number of carbonyl (C=O) groups excluding carboxylic acids is 3. The predicted molar refractivity (Wildman–Crippen MR) is 170 cm³/mol. The van der Waals surface area contributed by atoms with Gasteiger partial charge in [0.05, 0.1) is 18.2 Å². The summed E-state index contributed by atoms with van der Waals surface area (Å²) in [6, 6.07) is 18.8. The Kier molecular flexibility index (Phi) is 9.69. The number of aryl methyl sites for hydroxylation is 1. The van der Waals surface area contributed by atoms with E-state index in [2.05, 4.69) is 10.4 Å². The molecule has 4 rings (SSSR count). The van der Waals surface area contributed by atoms with Gasteiger partial charge >= 0.3 is 5.97 Å². The van der Waals surface area contributed by atoms with Crippen LogP contribution in [-0.2, 0) is 16.0 Å². The van der Waals surface area contributed by atoms with E-state index in [1.54, 1.807) is 63.2 Å². The van der Waals surface area contributed by atoms with Gasteiger partial charge in [-0.3, -0.25) is 14.4 Å². The van der Waals surface area contributed by atoms with Crippen molar-refractivity contribution in [2.75, 3.05) is 12.4 Å². The Morgan fingerprint density at radius 2 is 1.61 bits per heavy atom. The summed E-state index contributed by atoms with van der Waals surface area (Å²) in [6.07, 6.45) is 0.146. The molecule has 1 aromatic heterocycles. The van der Waals surface area contributed by atoms with Crippen molar-refractivity contribution in [3.8, 4) is 17.0 Å². The minimum atomic E-state index is -1.08. The van der Waals surface area contributed by atoms with E-state index in [4.69, 9.17) is 21.1 Å². The van der Waals surface area contributed by atoms with Gasteiger partial charge in [-0.1, -0.05) is 41.4 Å². The lowest BCUT2D eigenvalue weighted by atomic mass is 9.98. The Balaban J connectivity index is 1.73. The average Bonchev–Trinajstić information content (AvgIpc) is 2.96. The second kappa shape index (κ2) is 13.3. The molecule has 4 aromatic rings. The van der Waals surface area contributed by atoms with Crippen molar-refractivity contribution < 1.29 is 23.9 Å². The van der Waals surface area contributed by atoms with Crippen molar-refractivity contribution in [3.05, 3.63) is 110 Å². The number of benzene rings is 3. The van der Waals surface area contributed by atoms with Crippen LogP contribution in [0, 0.1) is 6.92 Å². The summed E-state index contributed by atoms with van der Waals surface area (Å²) in [5.41, 5.74) is 2.38. The van der Waals surface area contributed by atoms with Gasteiger partial charge in [-0.05, 0) is 88.2 Å². The molecule has 44 heavy (non-hydrogen) atoms. The molecular weight excluding hydrogens is 582 g/mol. The van der Waals surface area contributed by atoms with Crippen molar-refractivity contribution >= 4 is 34.9 Å². The van der Waals surface area contributed by atoms with E-state index in [0.717, 1.165) is 15.8 Å². The van der Waals surface area contributed by atoms with Gasteiger partial charge < -0.3 is 14.8 Å². The van der Waals surface area contributed by atoms with Crippen molar-refractivity contribution in [2.24, 2.45) is 0 Å². The van der Waals surface area contributed by atoms with Crippen LogP contribution in [0.15, 0.2) is 77.6 Å². The van der Waals surface area contributed by atoms with Crippen LogP contribution in [0.4, 0.5) is 5.69 Å². The number of hydrogen-bond acceptors (Lipinski definition) is 7. The number of amides is 1. The number of anilines is 1. The summed E-state index contributed by atoms with van der Waals surface area (Å²) >= 11 is 6.23. The summed E-state index contributed by atoms with van der Waals surface area (Å²) in [5.74, 6) is -1.18. The molecule has 9 nitrogen and oxygen atoms in total. The SMILES string of the molecule is COc1nn(C(Cc2ccc(C)cc2)C(=O)Nc2ccc(C(=O)OC(C)(C)C)cc2)c(=O)cc1-c1cc(Cl)ccc1C(C)=O. The highest BCUT2D eigenvalue weighted by atomic mass is 35.5. The molecule has 0 spiro atoms. The van der Waals surface area contributed by atoms with Crippen molar-refractivity contribution in [3.63, 3.8) is 0 Å². The zero-order valence-corrected chi connectivity index (χ0v) is 26.2. The molecule has 10 heteroatoms. The third-order valence-electron chi connectivity index (χ3n) is 6.70. The van der Waals surface area contributed by atoms with Crippen LogP contribution in [0.2, 0.25) is 5.02 Å². The van der Waals surface area contributed by atoms with Crippen LogP contribution in [0.3, 0.4) is 0 Å². The lowest BCUT2D eigenvalue weighted by molar-refractivity contribution is -0.119. The van der Waals surface area contributed by atoms with Crippen molar-refractivity contribution in [1.29, 1.82) is 0 Å². The summed E-state index contributed by atoms with van der Waals surface area (Å²) < 4.78 is 12.0. The topological polar surface area (TPSA) is 117 Å². The van der Waals surface area contributed by atoms with Gasteiger partial charge in [-0.25, -0.2) is 9.48 Å². The number of Topliss-reactive ketones (excluding diaryl/α,β-unsaturated/α-hetero) is 1. The third kappa shape index (κ3) is 7.79. The molecule has 0 bridgehead atoms. The molecule has 0 aliphatic rings. The van der Waals surface area contributed by atoms with Gasteiger partial charge in [0.15, 0.2) is 5.78 Å². The Morgan fingerprint density at radius 3 is 2.20 bits per heavy atom. The molecular formula is C34H34ClN3O6. The minimum absolute atomic E-state index is 0.0396. The zero-order chi connectivity index (χ0) is 32.2. The Morgan fingerprint density at radius 1 is 0.955 bits per heavy atom. The van der Waals surface area contributed by atoms with E-state index in [-0.39, 0.29) is 23.6 Å². The van der Waals surface area contributed by atoms with Crippen molar-refractivity contribution in [1.82, 2.24) is 9.78 Å². The number of ketones is 1. The third-order valence-corrected chi connectivity index (χ3v) is 6.94. The fraction of sp³-hybridized carbons (Fsp3) is 0.265. The van der Waals surface area contributed by atoms with Gasteiger partial charge in [0.2, 0.25) is 11.8 Å². The molecule has 228 valence electrons. The molecule has 1 unspecified atom stereocenters. The minimum Gasteiger partial charge on any atom is -0.480 e. The molecule has 0 aliphatic carbocycles. The molecule has 1 amide bonds. The molecule has 0 aliphatic heterocycles. The Hall–Kier alpha value is -4.76. The first kappa shape index (κ1) is 32.2. The van der Waals surface area contributed by atoms with Gasteiger partial charge in [0.1, 0.15) is 11.6 Å². The summed E-state index contributed by atoms with van der Waals surface area (Å²) in [6.45, 7) is 8.71. The maximum Gasteiger partial charge on any atom is 0.338 e. The van der Waals surface area contributed by atoms with E-state index in [0.29, 0.717) is 27.4 Å². The molecule has 0 saturated heterocycles. The van der Waals surface area contributed by atoms with E-state index in [1.807, 2.05) is 31.2 Å². The first-order valence-electron chi connectivity index (χ1n) is 13.9. The number of nitrogens with one attached hydrogen (secondary N) is 1. The first-order chi connectivity index (χ1) is 20.8. The van der Waals surface area contributed by atoms with Crippen LogP contribution < -0.4 is 15.6 Å². The number of ether oxygens (including phenoxy) is 2. The number of aromatic nitrogens is 2. The standard InChI is InChI=1S/C34H34ClN3O6/c1-20-7-9-22(10-8-20)17-29(31(41)36-25-14-11-23(12-15-25)33(42)44-34(3,4)5)38-30(40)19-28(32(37-38)43-6)27-18-24(35)13-16-26(27)21(2)39/h7-16,18-19,29H,17H2,1-6H3,(H,36,41). The molecule has 1 N–H and O–H groups in total. The van der Waals surface area contributed by atoms with Crippen molar-refractivity contribution in [2.45, 2.75) is 52.7 Å². The number of rotatable bonds is 9. The maximum absolute atomic E-state index is 13.8. The van der Waals surface area contributed by atoms with Gasteiger partial charge in [0.25, 0.3) is 5.56 Å². The highest BCUT2D eigenvalue weighted by Crippen LogP contribution is 2.33. The van der Waals surface area contributed by atoms with Crippen LogP contribution >= 0.6 is 11.6 Å². The number of methoxy groups -OCH3 is 1. The van der Waals surface area contributed by atoms with Crippen LogP contribution in [-0.4, -0.2) is 40.2 Å². The summed E-state index contributed by atoms with van der Waals surface area (Å²) in [4.78, 5) is 52.2. The molecule has 1 heterocycles. The number of halogens is 1. The largest absolute Gasteiger partial charge is 0.480 e. The first-order valence-corrected chi connectivity index (χ1v) is 14.3. The highest BCUT2D eigenvalue weighted by molar-refractivity contribution is 6.31. The number of nitrogens with zero attached hydrogens (tertiary/aromatic N) is 2. The molecule has 0 saturated carbocycles. The number of carbonyl (C=O) groups is 3. The normalized spacial score (nSPS) is 11.9. The van der Waals surface area contributed by atoms with Crippen LogP contribution in [0.1, 0.15) is 65.6 Å². The summed E-state index contributed by atoms with van der Waals surface area (Å²) in [7, 11) is 1.39. The van der Waals surface area contributed by atoms with Gasteiger partial charge in [-0.2, -0.15) is 0 Å². The molecule has 0 fully saturated rings. The maximum atomic E-state index is 13.8. The molecule has 1 atom stereocenters. The Bertz CT molecular complexity index is 1760. The lowest BCUT2D eigenvalue weighted by Gasteiger charge is -2.21. The lowest BCUT2D eigenvalue weighted by Crippen LogP contribution is -2.36. The monoisotopic (exact) mass is 615 g/mol. The smallest absolute Gasteiger partial charge is 0.338 e. The zero-order valence-electron chi connectivity index (χ0n) is 25.4. The fourth-order valence-corrected chi connectivity index (χ4v) is 4.73. The molecule has 0 radical (unpaired) electrons. The second-order valence-electron chi connectivity index (χ2n) is 11.4. The van der Waals surface area contributed by atoms with E-state index < -0.39 is 29.1 Å². The van der Waals surface area contributed by atoms with E-state index >= 15 is 0 Å². The van der Waals surface area contributed by atoms with Gasteiger partial charge in [0, 0.05) is 28.8 Å². The van der Waals surface area contributed by atoms with E-state index in [1.165, 1.54) is 20.1 Å². The number of hydrogen-bond donors (Lipinski definition) is 1. The van der Waals surface area contributed by atoms with Crippen LogP contribution in [0.25, 0.3) is 11.1 Å². The highest BCUT2D eigenvalue weighted by Gasteiger charge is 2.27. The fourth-order valence-electron chi connectivity index (χ4n) is 4.56. The summed E-state index contributed by atoms with van der Waals surface area (Å²) in [5, 5.41) is 7.65. The predicted octanol–water partition coefficient (Wildman–Crippen LogP) is 6.46. The van der Waals surface area contributed by atoms with E-state index in [9.17, 15) is 19.2 Å². The molecule has 3 aromatic carbocycles. The average molecular weight is 616 g/mol. The number of esters is 1. The van der Waals surface area contributed by atoms with Crippen LogP contribution in [0.5, 0.6) is 5.88 Å². The van der Waals surface area contributed by atoms with Gasteiger partial charge in [-0.15, -0.1) is 5.10 Å². The quantitative estimate of drug-likeness (QED) is 0.170. The Labute approximate surface area is 260 Å². The second-order valence-corrected chi connectivity index (χ2v) is 11.8.